The monoisotopic (exact) mass is 430 g/mol. The van der Waals surface area contributed by atoms with Crippen molar-refractivity contribution in [3.05, 3.63) is 89.7 Å². The number of aromatic amines is 1. The smallest absolute Gasteiger partial charge is 0.315 e. The summed E-state index contributed by atoms with van der Waals surface area (Å²) in [6.07, 6.45) is 0.661. The molecule has 3 aromatic carbocycles. The highest BCUT2D eigenvalue weighted by molar-refractivity contribution is 5.77. The fourth-order valence-electron chi connectivity index (χ4n) is 3.60. The lowest BCUT2D eigenvalue weighted by atomic mass is 10.1. The van der Waals surface area contributed by atoms with E-state index in [-0.39, 0.29) is 6.03 Å². The molecule has 0 spiro atoms. The second-order valence-electron chi connectivity index (χ2n) is 7.32. The lowest BCUT2D eigenvalue weighted by molar-refractivity contribution is 0.238. The van der Waals surface area contributed by atoms with Crippen molar-refractivity contribution in [2.45, 2.75) is 12.5 Å². The van der Waals surface area contributed by atoms with E-state index in [2.05, 4.69) is 20.6 Å². The van der Waals surface area contributed by atoms with E-state index in [9.17, 15) is 4.79 Å². The molecule has 0 aliphatic carbocycles. The highest BCUT2D eigenvalue weighted by Gasteiger charge is 2.20. The van der Waals surface area contributed by atoms with Crippen LogP contribution in [0.3, 0.4) is 0 Å². The topological polar surface area (TPSA) is 88.3 Å². The van der Waals surface area contributed by atoms with Crippen molar-refractivity contribution in [1.82, 2.24) is 20.6 Å². The zero-order valence-electron chi connectivity index (χ0n) is 18.1. The van der Waals surface area contributed by atoms with Crippen LogP contribution in [0.15, 0.2) is 72.8 Å². The molecular formula is C25H26N4O3. The number of nitrogens with zero attached hydrogens (tertiary/aromatic N) is 1. The number of carbonyl (C=O) groups excluding carboxylic acids is 1. The lowest BCUT2D eigenvalue weighted by Gasteiger charge is -2.18. The van der Waals surface area contributed by atoms with Gasteiger partial charge in [-0.05, 0) is 41.8 Å². The number of nitrogens with one attached hydrogen (secondary N) is 3. The molecule has 4 aromatic rings. The summed E-state index contributed by atoms with van der Waals surface area (Å²) in [7, 11) is 3.21. The zero-order chi connectivity index (χ0) is 22.3. The standard InChI is InChI=1S/C25H26N4O3/c1-31-21-13-12-17(16-22(21)32-2)14-15-26-25(30)29-23(18-8-4-3-5-9-18)24-27-19-10-6-7-11-20(19)28-24/h3-13,16,23H,14-15H2,1-2H3,(H,27,28)(H2,26,29,30)/t23-/m0/s1. The molecular weight excluding hydrogens is 404 g/mol. The number of amides is 2. The molecule has 0 saturated carbocycles. The van der Waals surface area contributed by atoms with Crippen molar-refractivity contribution >= 4 is 17.1 Å². The zero-order valence-corrected chi connectivity index (χ0v) is 18.1. The number of benzene rings is 3. The minimum Gasteiger partial charge on any atom is -0.493 e. The summed E-state index contributed by atoms with van der Waals surface area (Å²) in [5, 5.41) is 5.99. The van der Waals surface area contributed by atoms with Gasteiger partial charge in [0.05, 0.1) is 25.3 Å². The van der Waals surface area contributed by atoms with Gasteiger partial charge in [-0.1, -0.05) is 48.5 Å². The summed E-state index contributed by atoms with van der Waals surface area (Å²) in [6, 6.07) is 22.7. The maximum Gasteiger partial charge on any atom is 0.315 e. The van der Waals surface area contributed by atoms with Crippen LogP contribution < -0.4 is 20.1 Å². The molecule has 7 nitrogen and oxygen atoms in total. The molecule has 2 amide bonds. The summed E-state index contributed by atoms with van der Waals surface area (Å²) < 4.78 is 10.6. The van der Waals surface area contributed by atoms with E-state index < -0.39 is 6.04 Å². The van der Waals surface area contributed by atoms with Crippen LogP contribution in [0.1, 0.15) is 23.0 Å². The number of rotatable bonds is 8. The van der Waals surface area contributed by atoms with E-state index in [0.29, 0.717) is 30.3 Å². The Labute approximate surface area is 186 Å². The van der Waals surface area contributed by atoms with Gasteiger partial charge < -0.3 is 25.1 Å². The maximum absolute atomic E-state index is 12.7. The molecule has 4 rings (SSSR count). The molecule has 7 heteroatoms. The number of imidazole rings is 1. The van der Waals surface area contributed by atoms with Crippen molar-refractivity contribution in [2.24, 2.45) is 0 Å². The second-order valence-corrected chi connectivity index (χ2v) is 7.32. The van der Waals surface area contributed by atoms with Gasteiger partial charge in [-0.15, -0.1) is 0 Å². The van der Waals surface area contributed by atoms with Crippen molar-refractivity contribution in [1.29, 1.82) is 0 Å². The quantitative estimate of drug-likeness (QED) is 0.391. The second kappa shape index (κ2) is 9.87. The molecule has 0 fully saturated rings. The number of hydrogen-bond donors (Lipinski definition) is 3. The minimum absolute atomic E-state index is 0.264. The number of methoxy groups -OCH3 is 2. The summed E-state index contributed by atoms with van der Waals surface area (Å²) in [5.74, 6) is 2.04. The lowest BCUT2D eigenvalue weighted by Crippen LogP contribution is -2.39. The number of hydrogen-bond acceptors (Lipinski definition) is 4. The summed E-state index contributed by atoms with van der Waals surface area (Å²) in [4.78, 5) is 20.7. The summed E-state index contributed by atoms with van der Waals surface area (Å²) in [5.41, 5.74) is 3.78. The first-order valence-corrected chi connectivity index (χ1v) is 10.4. The summed E-state index contributed by atoms with van der Waals surface area (Å²) in [6.45, 7) is 0.475. The number of H-pyrrole nitrogens is 1. The van der Waals surface area contributed by atoms with Gasteiger partial charge in [-0.2, -0.15) is 0 Å². The van der Waals surface area contributed by atoms with E-state index in [1.54, 1.807) is 14.2 Å². The Hall–Kier alpha value is -4.00. The first-order valence-electron chi connectivity index (χ1n) is 10.4. The highest BCUT2D eigenvalue weighted by Crippen LogP contribution is 2.27. The Balaban J connectivity index is 1.44. The van der Waals surface area contributed by atoms with Crippen LogP contribution in [0, 0.1) is 0 Å². The SMILES string of the molecule is COc1ccc(CCNC(=O)N[C@@H](c2ccccc2)c2nc3ccccc3[nH]2)cc1OC. The van der Waals surface area contributed by atoms with Crippen LogP contribution >= 0.6 is 0 Å². The number of urea groups is 1. The first-order chi connectivity index (χ1) is 15.7. The van der Waals surface area contributed by atoms with Gasteiger partial charge in [-0.3, -0.25) is 0 Å². The third-order valence-corrected chi connectivity index (χ3v) is 5.24. The third kappa shape index (κ3) is 4.83. The molecule has 1 aromatic heterocycles. The Morgan fingerprint density at radius 3 is 2.47 bits per heavy atom. The average molecular weight is 431 g/mol. The fourth-order valence-corrected chi connectivity index (χ4v) is 3.60. The number of fused-ring (bicyclic) bond motifs is 1. The van der Waals surface area contributed by atoms with Gasteiger partial charge in [0.1, 0.15) is 11.9 Å². The van der Waals surface area contributed by atoms with Crippen molar-refractivity contribution < 1.29 is 14.3 Å². The van der Waals surface area contributed by atoms with Gasteiger partial charge in [0, 0.05) is 6.54 Å². The first kappa shape index (κ1) is 21.2. The predicted molar refractivity (Wildman–Crippen MR) is 124 cm³/mol. The van der Waals surface area contributed by atoms with Gasteiger partial charge in [0.2, 0.25) is 0 Å². The molecule has 0 bridgehead atoms. The number of para-hydroxylation sites is 2. The largest absolute Gasteiger partial charge is 0.493 e. The molecule has 3 N–H and O–H groups in total. The Kier molecular flexibility index (Phi) is 6.55. The maximum atomic E-state index is 12.7. The Morgan fingerprint density at radius 2 is 1.72 bits per heavy atom. The molecule has 1 heterocycles. The van der Waals surface area contributed by atoms with Gasteiger partial charge in [0.15, 0.2) is 11.5 Å². The van der Waals surface area contributed by atoms with E-state index in [4.69, 9.17) is 9.47 Å². The molecule has 0 aliphatic rings. The predicted octanol–water partition coefficient (Wildman–Crippen LogP) is 4.21. The molecule has 1 atom stereocenters. The molecule has 0 saturated heterocycles. The van der Waals surface area contributed by atoms with E-state index >= 15 is 0 Å². The number of ether oxygens (including phenoxy) is 2. The third-order valence-electron chi connectivity index (χ3n) is 5.24. The van der Waals surface area contributed by atoms with Gasteiger partial charge in [0.25, 0.3) is 0 Å². The number of aromatic nitrogens is 2. The van der Waals surface area contributed by atoms with E-state index in [0.717, 1.165) is 22.2 Å². The number of carbonyl (C=O) groups is 1. The Morgan fingerprint density at radius 1 is 0.969 bits per heavy atom. The molecule has 0 unspecified atom stereocenters. The Bertz CT molecular complexity index is 1160. The molecule has 0 radical (unpaired) electrons. The van der Waals surface area contributed by atoms with Crippen LogP contribution in [0.5, 0.6) is 11.5 Å². The van der Waals surface area contributed by atoms with Crippen LogP contribution in [0.2, 0.25) is 0 Å². The minimum atomic E-state index is -0.398. The van der Waals surface area contributed by atoms with Crippen molar-refractivity contribution in [3.63, 3.8) is 0 Å². The normalized spacial score (nSPS) is 11.7. The van der Waals surface area contributed by atoms with Crippen molar-refractivity contribution in [3.8, 4) is 11.5 Å². The van der Waals surface area contributed by atoms with E-state index in [1.807, 2.05) is 72.8 Å². The molecule has 0 aliphatic heterocycles. The average Bonchev–Trinajstić information content (AvgIpc) is 3.27. The fraction of sp³-hybridized carbons (Fsp3) is 0.200. The van der Waals surface area contributed by atoms with E-state index in [1.165, 1.54) is 0 Å². The van der Waals surface area contributed by atoms with Crippen molar-refractivity contribution in [2.75, 3.05) is 20.8 Å². The molecule has 164 valence electrons. The highest BCUT2D eigenvalue weighted by atomic mass is 16.5. The van der Waals surface area contributed by atoms with Crippen LogP contribution in [-0.2, 0) is 6.42 Å². The van der Waals surface area contributed by atoms with Gasteiger partial charge in [-0.25, -0.2) is 9.78 Å². The van der Waals surface area contributed by atoms with Crippen LogP contribution in [0.4, 0.5) is 4.79 Å². The summed E-state index contributed by atoms with van der Waals surface area (Å²) >= 11 is 0. The molecule has 32 heavy (non-hydrogen) atoms. The van der Waals surface area contributed by atoms with Gasteiger partial charge >= 0.3 is 6.03 Å². The van der Waals surface area contributed by atoms with Crippen LogP contribution in [0.25, 0.3) is 11.0 Å². The van der Waals surface area contributed by atoms with Crippen LogP contribution in [-0.4, -0.2) is 36.8 Å².